The Morgan fingerprint density at radius 1 is 1.53 bits per heavy atom. The number of amides is 3. The molecule has 1 aliphatic rings. The number of likely N-dealkylation sites (N-methyl/N-ethyl adjacent to an activating group) is 1. The number of fused-ring (bicyclic) bond motifs is 1. The molecular formula is C12H15N3O4. The smallest absolute Gasteiger partial charge is 0.318 e. The molecule has 0 fully saturated rings. The average Bonchev–Trinajstić information content (AvgIpc) is 2.77. The number of benzene rings is 1. The number of hydrogen-bond donors (Lipinski definition) is 3. The van der Waals surface area contributed by atoms with E-state index in [0.717, 1.165) is 11.3 Å². The van der Waals surface area contributed by atoms with E-state index < -0.39 is 11.9 Å². The van der Waals surface area contributed by atoms with Crippen molar-refractivity contribution in [2.24, 2.45) is 5.73 Å². The van der Waals surface area contributed by atoms with Crippen LogP contribution in [0.15, 0.2) is 18.2 Å². The lowest BCUT2D eigenvalue weighted by atomic mass is 10.1. The first-order valence-corrected chi connectivity index (χ1v) is 5.76. The molecule has 1 unspecified atom stereocenters. The van der Waals surface area contributed by atoms with E-state index in [1.54, 1.807) is 12.1 Å². The van der Waals surface area contributed by atoms with Crippen LogP contribution in [0.1, 0.15) is 11.6 Å². The molecule has 0 radical (unpaired) electrons. The number of urea groups is 1. The molecule has 0 bridgehead atoms. The fourth-order valence-electron chi connectivity index (χ4n) is 1.84. The van der Waals surface area contributed by atoms with Crippen LogP contribution in [0.4, 0.5) is 4.79 Å². The van der Waals surface area contributed by atoms with Crippen molar-refractivity contribution >= 4 is 11.9 Å². The number of rotatable bonds is 4. The van der Waals surface area contributed by atoms with Crippen LogP contribution in [0.5, 0.6) is 11.5 Å². The van der Waals surface area contributed by atoms with Crippen molar-refractivity contribution in [1.29, 1.82) is 0 Å². The monoisotopic (exact) mass is 265 g/mol. The highest BCUT2D eigenvalue weighted by Gasteiger charge is 2.22. The molecule has 3 amide bonds. The third-order valence-electron chi connectivity index (χ3n) is 2.75. The van der Waals surface area contributed by atoms with Crippen LogP contribution in [-0.4, -0.2) is 32.2 Å². The first-order chi connectivity index (χ1) is 9.10. The topological polar surface area (TPSA) is 103 Å². The molecule has 1 aromatic carbocycles. The Kier molecular flexibility index (Phi) is 3.86. The highest BCUT2D eigenvalue weighted by Crippen LogP contribution is 2.34. The van der Waals surface area contributed by atoms with E-state index in [2.05, 4.69) is 5.32 Å². The number of nitrogens with one attached hydrogen (secondary N) is 2. The van der Waals surface area contributed by atoms with Crippen molar-refractivity contribution in [3.63, 3.8) is 0 Å². The second-order valence-electron chi connectivity index (χ2n) is 4.05. The van der Waals surface area contributed by atoms with E-state index in [9.17, 15) is 9.59 Å². The SMILES string of the molecule is CNC1COc2cc(OCC(=O)NC(N)=O)ccc21. The number of primary amides is 1. The molecule has 1 heterocycles. The van der Waals surface area contributed by atoms with Gasteiger partial charge in [0.1, 0.15) is 18.1 Å². The number of nitrogens with two attached hydrogens (primary N) is 1. The summed E-state index contributed by atoms with van der Waals surface area (Å²) in [6.07, 6.45) is 0. The molecule has 0 aromatic heterocycles. The van der Waals surface area contributed by atoms with Crippen molar-refractivity contribution in [2.45, 2.75) is 6.04 Å². The minimum atomic E-state index is -0.900. The summed E-state index contributed by atoms with van der Waals surface area (Å²) in [6, 6.07) is 4.61. The molecule has 2 rings (SSSR count). The van der Waals surface area contributed by atoms with Gasteiger partial charge in [0, 0.05) is 11.6 Å². The summed E-state index contributed by atoms with van der Waals surface area (Å²) in [5.74, 6) is 0.629. The first-order valence-electron chi connectivity index (χ1n) is 5.76. The van der Waals surface area contributed by atoms with E-state index in [1.807, 2.05) is 18.4 Å². The Bertz CT molecular complexity index is 504. The second kappa shape index (κ2) is 5.57. The van der Waals surface area contributed by atoms with E-state index in [0.29, 0.717) is 12.4 Å². The largest absolute Gasteiger partial charge is 0.491 e. The standard InChI is InChI=1S/C12H15N3O4/c1-14-9-5-19-10-4-7(2-3-8(9)10)18-6-11(16)15-12(13)17/h2-4,9,14H,5-6H2,1H3,(H3,13,15,16,17). The molecule has 19 heavy (non-hydrogen) atoms. The quantitative estimate of drug-likeness (QED) is 0.706. The van der Waals surface area contributed by atoms with Crippen LogP contribution in [0.25, 0.3) is 0 Å². The van der Waals surface area contributed by atoms with Crippen LogP contribution in [-0.2, 0) is 4.79 Å². The molecule has 0 saturated heterocycles. The van der Waals surface area contributed by atoms with Gasteiger partial charge in [-0.05, 0) is 19.2 Å². The zero-order valence-electron chi connectivity index (χ0n) is 10.4. The number of hydrogen-bond acceptors (Lipinski definition) is 5. The van der Waals surface area contributed by atoms with E-state index in [1.165, 1.54) is 0 Å². The fourth-order valence-corrected chi connectivity index (χ4v) is 1.84. The Morgan fingerprint density at radius 2 is 2.32 bits per heavy atom. The lowest BCUT2D eigenvalue weighted by Gasteiger charge is -2.08. The summed E-state index contributed by atoms with van der Waals surface area (Å²) < 4.78 is 10.7. The first kappa shape index (κ1) is 13.2. The number of carbonyl (C=O) groups excluding carboxylic acids is 2. The lowest BCUT2D eigenvalue weighted by Crippen LogP contribution is -2.38. The van der Waals surface area contributed by atoms with E-state index in [4.69, 9.17) is 15.2 Å². The molecule has 7 heteroatoms. The molecule has 4 N–H and O–H groups in total. The van der Waals surface area contributed by atoms with Gasteiger partial charge in [0.05, 0.1) is 6.04 Å². The van der Waals surface area contributed by atoms with Gasteiger partial charge in [-0.3, -0.25) is 10.1 Å². The normalized spacial score (nSPS) is 16.4. The van der Waals surface area contributed by atoms with Gasteiger partial charge in [-0.2, -0.15) is 0 Å². The van der Waals surface area contributed by atoms with Crippen LogP contribution in [0.3, 0.4) is 0 Å². The van der Waals surface area contributed by atoms with Crippen molar-refractivity contribution < 1.29 is 19.1 Å². The third kappa shape index (κ3) is 3.14. The van der Waals surface area contributed by atoms with Crippen LogP contribution < -0.4 is 25.8 Å². The molecule has 1 aromatic rings. The minimum Gasteiger partial charge on any atom is -0.491 e. The van der Waals surface area contributed by atoms with Gasteiger partial charge >= 0.3 is 6.03 Å². The molecule has 102 valence electrons. The highest BCUT2D eigenvalue weighted by molar-refractivity contribution is 5.94. The Morgan fingerprint density at radius 3 is 3.00 bits per heavy atom. The van der Waals surface area contributed by atoms with Gasteiger partial charge < -0.3 is 20.5 Å². The van der Waals surface area contributed by atoms with Gasteiger partial charge in [0.2, 0.25) is 0 Å². The average molecular weight is 265 g/mol. The summed E-state index contributed by atoms with van der Waals surface area (Å²) in [7, 11) is 1.86. The van der Waals surface area contributed by atoms with Gasteiger partial charge in [-0.15, -0.1) is 0 Å². The van der Waals surface area contributed by atoms with Crippen LogP contribution in [0, 0.1) is 0 Å². The maximum Gasteiger partial charge on any atom is 0.318 e. The van der Waals surface area contributed by atoms with Crippen LogP contribution >= 0.6 is 0 Å². The number of ether oxygens (including phenoxy) is 2. The summed E-state index contributed by atoms with van der Waals surface area (Å²) in [6.45, 7) is 0.286. The summed E-state index contributed by atoms with van der Waals surface area (Å²) in [5, 5.41) is 5.05. The molecule has 1 aliphatic heterocycles. The van der Waals surface area contributed by atoms with Crippen molar-refractivity contribution in [3.05, 3.63) is 23.8 Å². The Balaban J connectivity index is 1.96. The molecule has 0 saturated carbocycles. The zero-order chi connectivity index (χ0) is 13.8. The maximum atomic E-state index is 11.2. The van der Waals surface area contributed by atoms with Crippen LogP contribution in [0.2, 0.25) is 0 Å². The predicted octanol–water partition coefficient (Wildman–Crippen LogP) is -0.0868. The number of carbonyl (C=O) groups is 2. The number of imide groups is 1. The van der Waals surface area contributed by atoms with Crippen molar-refractivity contribution in [3.8, 4) is 11.5 Å². The maximum absolute atomic E-state index is 11.2. The van der Waals surface area contributed by atoms with E-state index >= 15 is 0 Å². The summed E-state index contributed by atoms with van der Waals surface area (Å²) in [4.78, 5) is 21.6. The fraction of sp³-hybridized carbons (Fsp3) is 0.333. The third-order valence-corrected chi connectivity index (χ3v) is 2.75. The minimum absolute atomic E-state index is 0.169. The van der Waals surface area contributed by atoms with Gasteiger partial charge in [-0.1, -0.05) is 0 Å². The Hall–Kier alpha value is -2.28. The van der Waals surface area contributed by atoms with Crippen molar-refractivity contribution in [2.75, 3.05) is 20.3 Å². The molecule has 7 nitrogen and oxygen atoms in total. The molecule has 0 spiro atoms. The second-order valence-corrected chi connectivity index (χ2v) is 4.05. The van der Waals surface area contributed by atoms with Gasteiger partial charge in [-0.25, -0.2) is 4.79 Å². The highest BCUT2D eigenvalue weighted by atomic mass is 16.5. The molecular weight excluding hydrogens is 250 g/mol. The summed E-state index contributed by atoms with van der Waals surface area (Å²) in [5.41, 5.74) is 5.87. The van der Waals surface area contributed by atoms with Crippen molar-refractivity contribution in [1.82, 2.24) is 10.6 Å². The predicted molar refractivity (Wildman–Crippen MR) is 67.0 cm³/mol. The Labute approximate surface area is 110 Å². The lowest BCUT2D eigenvalue weighted by molar-refractivity contribution is -0.121. The molecule has 1 atom stereocenters. The summed E-state index contributed by atoms with van der Waals surface area (Å²) >= 11 is 0. The zero-order valence-corrected chi connectivity index (χ0v) is 10.4. The van der Waals surface area contributed by atoms with Gasteiger partial charge in [0.25, 0.3) is 5.91 Å². The molecule has 0 aliphatic carbocycles. The van der Waals surface area contributed by atoms with E-state index in [-0.39, 0.29) is 12.6 Å². The van der Waals surface area contributed by atoms with Gasteiger partial charge in [0.15, 0.2) is 6.61 Å².